The van der Waals surface area contributed by atoms with E-state index in [4.69, 9.17) is 9.84 Å². The van der Waals surface area contributed by atoms with Crippen molar-refractivity contribution in [2.75, 3.05) is 43.0 Å². The van der Waals surface area contributed by atoms with Crippen molar-refractivity contribution in [3.8, 4) is 0 Å². The number of para-hydroxylation sites is 2. The lowest BCUT2D eigenvalue weighted by atomic mass is 9.81. The third kappa shape index (κ3) is 21.6. The Balaban J connectivity index is 0.000000188. The molecule has 0 saturated heterocycles. The van der Waals surface area contributed by atoms with Gasteiger partial charge in [0.1, 0.15) is 19.6 Å². The molecule has 6 aliphatic rings. The molecule has 0 atom stereocenters. The number of anilines is 2. The summed E-state index contributed by atoms with van der Waals surface area (Å²) < 4.78 is 45.9. The number of carbonyl (C=O) groups is 2. The number of ether oxygens (including phenoxy) is 1. The van der Waals surface area contributed by atoms with Gasteiger partial charge in [-0.25, -0.2) is 4.99 Å². The van der Waals surface area contributed by atoms with Gasteiger partial charge in [0, 0.05) is 110 Å². The van der Waals surface area contributed by atoms with Gasteiger partial charge in [-0.2, -0.15) is 22.1 Å². The molecule has 6 aromatic carbocycles. The number of nitrogens with zero attached hydrogens (tertiary/aromatic N) is 5. The molecule has 2 aliphatic carbocycles. The average Bonchev–Trinajstić information content (AvgIpc) is 1.61. The molecule has 0 amide bonds. The van der Waals surface area contributed by atoms with E-state index in [1.54, 1.807) is 18.5 Å². The lowest BCUT2D eigenvalue weighted by molar-refractivity contribution is -0.439. The predicted octanol–water partition coefficient (Wildman–Crippen LogP) is 21.9. The summed E-state index contributed by atoms with van der Waals surface area (Å²) in [4.78, 5) is 27.8. The molecule has 0 fully saturated rings. The van der Waals surface area contributed by atoms with Crippen LogP contribution in [0, 0.1) is 20.8 Å². The number of carboxylic acid groups (broad SMARTS) is 1. The zero-order valence-electron chi connectivity index (χ0n) is 66.6. The number of unbranched alkanes of at least 4 members (excludes halogenated alkanes) is 4. The minimum absolute atomic E-state index is 0.113. The lowest BCUT2D eigenvalue weighted by Gasteiger charge is -2.27. The molecule has 0 radical (unpaired) electrons. The molecule has 4 aliphatic heterocycles. The second-order valence-electron chi connectivity index (χ2n) is 31.1. The molecule has 3 N–H and O–H groups in total. The van der Waals surface area contributed by atoms with E-state index in [9.17, 15) is 22.6 Å². The summed E-state index contributed by atoms with van der Waals surface area (Å²) in [6.45, 7) is 33.7. The number of hydrogen-bond donors (Lipinski definition) is 3. The molecule has 0 saturated carbocycles. The fraction of sp³-hybridized carbons (Fsp3) is 0.347. The Bertz CT molecular complexity index is 4810. The van der Waals surface area contributed by atoms with Crippen LogP contribution in [0.3, 0.4) is 0 Å². The van der Waals surface area contributed by atoms with Gasteiger partial charge >= 0.3 is 5.97 Å². The van der Waals surface area contributed by atoms with Crippen molar-refractivity contribution in [2.45, 2.75) is 187 Å². The number of aliphatic imine (C=N–C) groups is 1. The summed E-state index contributed by atoms with van der Waals surface area (Å²) in [5, 5.41) is 12.2. The highest BCUT2D eigenvalue weighted by Crippen LogP contribution is 2.49. The van der Waals surface area contributed by atoms with Crippen LogP contribution in [0.2, 0.25) is 0 Å². The standard InChI is InChI=1S/C41H48N2O5S.C23H28N.C18H26NO2.C13H12N2/c1-30-22-24-35-33(28-30)40(2,3)37(43(35)27-15-18-31-16-10-7-6-8-11-17-31)19-14-20-38-41(4,5)34-29-32(49(46,47)48)23-25-36(34)42(38)26-13-9-12-21-39(44)45;1-18-14-15-22-21(17-18)23(3,4)19(2)24(22)16-10-13-20-11-8-6-5-7-9-12-20;1-14-8-9-17-16(12-14)18(3,4)15(2)19(17)10-6-5-7-11-21-13-20;1-3-7-12(8-4-1)14-11-15-13-9-5-2-6-10-13/h6-8,10-11,14,16-17,19-20,22-25,28-29H,9,12-13,15,18,21,26-27H2,1-5H3,(H-,44,45,46,47,48);5-9,11-12,14-15,17H,10,13,16H2,1-4H3;8-9,12-13H,5-7,10-11H2,1-4H3;1-11H,(H,14,15)/q;2*+1;/p+1/b7-6-,8-6?,10-7?,11-8-,16-10?,17-11?,31-16?,31-17?;6-5-,7-5?,8-6?,9-7-,11-8?,12-9?,20-11?,20-12?;;. The van der Waals surface area contributed by atoms with Gasteiger partial charge in [0.15, 0.2) is 17.1 Å². The van der Waals surface area contributed by atoms with Crippen molar-refractivity contribution in [2.24, 2.45) is 4.99 Å². The van der Waals surface area contributed by atoms with E-state index in [1.807, 2.05) is 66.7 Å². The Labute approximate surface area is 650 Å². The topological polar surface area (TPSA) is 155 Å². The highest BCUT2D eigenvalue weighted by molar-refractivity contribution is 7.85. The molecule has 12 rings (SSSR count). The zero-order valence-corrected chi connectivity index (χ0v) is 67.4. The lowest BCUT2D eigenvalue weighted by Crippen LogP contribution is -2.28. The summed E-state index contributed by atoms with van der Waals surface area (Å²) >= 11 is 0. The molecule has 0 aromatic heterocycles. The molecule has 13 nitrogen and oxygen atoms in total. The zero-order chi connectivity index (χ0) is 78.4. The summed E-state index contributed by atoms with van der Waals surface area (Å²) in [7, 11) is -4.37. The van der Waals surface area contributed by atoms with Crippen LogP contribution < -0.4 is 10.2 Å². The second-order valence-corrected chi connectivity index (χ2v) is 32.5. The number of carboxylic acids is 1. The molecule has 14 heteroatoms. The second kappa shape index (κ2) is 38.3. The van der Waals surface area contributed by atoms with Gasteiger partial charge < -0.3 is 20.1 Å². The van der Waals surface area contributed by atoms with Gasteiger partial charge in [0.2, 0.25) is 17.1 Å². The molecular weight excluding hydrogens is 1370 g/mol. The van der Waals surface area contributed by atoms with Gasteiger partial charge in [-0.15, -0.1) is 0 Å². The first-order chi connectivity index (χ1) is 52.1. The molecular formula is C95H115N6O7S+3. The van der Waals surface area contributed by atoms with Gasteiger partial charge in [0.05, 0.1) is 39.8 Å². The van der Waals surface area contributed by atoms with Crippen molar-refractivity contribution in [3.05, 3.63) is 293 Å². The van der Waals surface area contributed by atoms with Crippen LogP contribution in [0.5, 0.6) is 0 Å². The van der Waals surface area contributed by atoms with E-state index < -0.39 is 21.5 Å². The van der Waals surface area contributed by atoms with Crippen LogP contribution in [-0.4, -0.2) is 101 Å². The van der Waals surface area contributed by atoms with E-state index in [2.05, 4.69) is 271 Å². The number of rotatable bonds is 27. The highest BCUT2D eigenvalue weighted by Gasteiger charge is 2.47. The summed E-state index contributed by atoms with van der Waals surface area (Å²) in [5.74, 6) is -0.793. The Morgan fingerprint density at radius 1 is 0.532 bits per heavy atom. The molecule has 0 bridgehead atoms. The minimum atomic E-state index is -4.37. The van der Waals surface area contributed by atoms with Crippen LogP contribution in [0.1, 0.15) is 179 Å². The van der Waals surface area contributed by atoms with E-state index in [0.717, 1.165) is 106 Å². The van der Waals surface area contributed by atoms with Crippen molar-refractivity contribution in [1.82, 2.24) is 0 Å². The van der Waals surface area contributed by atoms with Gasteiger partial charge in [0.25, 0.3) is 16.6 Å². The predicted molar refractivity (Wildman–Crippen MR) is 453 cm³/mol. The Kier molecular flexibility index (Phi) is 29.1. The first kappa shape index (κ1) is 82.9. The third-order valence-corrected chi connectivity index (χ3v) is 22.7. The van der Waals surface area contributed by atoms with Gasteiger partial charge in [-0.05, 0) is 185 Å². The van der Waals surface area contributed by atoms with Crippen molar-refractivity contribution >= 4 is 80.2 Å². The number of fused-ring (bicyclic) bond motifs is 4. The fourth-order valence-electron chi connectivity index (χ4n) is 15.2. The number of carbonyl (C=O) groups excluding carboxylic acids is 1. The Hall–Kier alpha value is -10.2. The van der Waals surface area contributed by atoms with Crippen molar-refractivity contribution < 1.29 is 46.1 Å². The van der Waals surface area contributed by atoms with Crippen molar-refractivity contribution in [3.63, 3.8) is 0 Å². The van der Waals surface area contributed by atoms with E-state index in [1.165, 1.54) is 84.8 Å². The molecule has 109 heavy (non-hydrogen) atoms. The number of hydrogen-bond acceptors (Lipinski definition) is 7. The molecule has 570 valence electrons. The maximum absolute atomic E-state index is 12.1. The minimum Gasteiger partial charge on any atom is -0.481 e. The molecule has 0 unspecified atom stereocenters. The Morgan fingerprint density at radius 3 is 1.61 bits per heavy atom. The average molecular weight is 1490 g/mol. The third-order valence-electron chi connectivity index (χ3n) is 21.9. The number of benzene rings is 6. The highest BCUT2D eigenvalue weighted by atomic mass is 32.2. The quantitative estimate of drug-likeness (QED) is 0.0114. The number of aliphatic carboxylic acids is 1. The van der Waals surface area contributed by atoms with Gasteiger partial charge in [-0.3, -0.25) is 14.1 Å². The van der Waals surface area contributed by atoms with Crippen LogP contribution in [0.15, 0.2) is 263 Å². The normalized spacial score (nSPS) is 18.1. The van der Waals surface area contributed by atoms with Crippen molar-refractivity contribution in [1.29, 1.82) is 0 Å². The molecule has 4 heterocycles. The van der Waals surface area contributed by atoms with Crippen LogP contribution >= 0.6 is 0 Å². The van der Waals surface area contributed by atoms with Gasteiger partial charge in [-0.1, -0.05) is 182 Å². The number of nitrogens with one attached hydrogen (secondary N) is 1. The van der Waals surface area contributed by atoms with Crippen LogP contribution in [-0.2, 0) is 46.1 Å². The maximum atomic E-state index is 12.1. The molecule has 6 aromatic rings. The number of aryl methyl sites for hydroxylation is 3. The van der Waals surface area contributed by atoms with Crippen LogP contribution in [0.4, 0.5) is 34.1 Å². The number of allylic oxidation sites excluding steroid dienone is 20. The SMILES string of the molecule is C(=Nc1ccccc1)Nc1ccccc1.CC1=[N+](CCCC2=C/C=C\C=C/C=C2)c2ccc(C)cc2C1(C)C.CC1=[N+](CCCCCOC=O)c2ccc(C)cc2C1(C)C.Cc1ccc2c(c1)C(C)(C)C(=CC=CC1=[N+](CCCCCC(=O)O)c3ccc(S(=O)(=O)O)cc3C1(C)C)N2CCCC1=C/C=C\C=C/C=C1. The first-order valence-corrected chi connectivity index (χ1v) is 40.2. The molecule has 0 spiro atoms. The smallest absolute Gasteiger partial charge is 0.303 e. The summed E-state index contributed by atoms with van der Waals surface area (Å²) in [6, 6.07) is 44.9. The van der Waals surface area contributed by atoms with E-state index in [0.29, 0.717) is 26.0 Å². The summed E-state index contributed by atoms with van der Waals surface area (Å²) in [5.41, 5.74) is 23.1. The van der Waals surface area contributed by atoms with E-state index >= 15 is 0 Å². The summed E-state index contributed by atoms with van der Waals surface area (Å²) in [6.07, 6.45) is 47.4. The first-order valence-electron chi connectivity index (χ1n) is 38.7. The fourth-order valence-corrected chi connectivity index (χ4v) is 15.7. The maximum Gasteiger partial charge on any atom is 0.303 e. The van der Waals surface area contributed by atoms with E-state index in [-0.39, 0.29) is 27.6 Å². The Morgan fingerprint density at radius 2 is 1.03 bits per heavy atom. The van der Waals surface area contributed by atoms with Crippen LogP contribution in [0.25, 0.3) is 0 Å². The monoisotopic (exact) mass is 1480 g/mol. The largest absolute Gasteiger partial charge is 0.481 e.